The van der Waals surface area contributed by atoms with E-state index >= 15 is 0 Å². The molecule has 0 spiro atoms. The van der Waals surface area contributed by atoms with Crippen molar-refractivity contribution in [3.8, 4) is 0 Å². The molecule has 3 unspecified atom stereocenters. The summed E-state index contributed by atoms with van der Waals surface area (Å²) in [7, 11) is 1.81. The Kier molecular flexibility index (Phi) is 4.16. The maximum atomic E-state index is 5.50. The Morgan fingerprint density at radius 1 is 1.32 bits per heavy atom. The minimum Gasteiger partial charge on any atom is -0.383 e. The number of rotatable bonds is 4. The fraction of sp³-hybridized carbons (Fsp3) is 0.625. The Hall–Kier alpha value is -0.900. The number of benzene rings is 1. The zero-order chi connectivity index (χ0) is 13.1. The topological polar surface area (TPSA) is 24.5 Å². The standard InChI is InChI=1S/C16H24N2O/c1-19-12-16(13-6-3-2-4-7-13)18-9-5-8-14-10-17-11-15(14)18/h2-4,6-7,14-17H,5,8-12H2,1H3. The molecule has 3 nitrogen and oxygen atoms in total. The monoisotopic (exact) mass is 260 g/mol. The quantitative estimate of drug-likeness (QED) is 0.897. The number of hydrogen-bond donors (Lipinski definition) is 1. The molecule has 1 aromatic carbocycles. The molecule has 2 fully saturated rings. The summed E-state index contributed by atoms with van der Waals surface area (Å²) in [6.07, 6.45) is 2.69. The van der Waals surface area contributed by atoms with E-state index in [0.717, 1.165) is 19.1 Å². The van der Waals surface area contributed by atoms with Gasteiger partial charge in [-0.1, -0.05) is 30.3 Å². The number of methoxy groups -OCH3 is 1. The number of ether oxygens (including phenoxy) is 1. The largest absolute Gasteiger partial charge is 0.383 e. The number of nitrogens with one attached hydrogen (secondary N) is 1. The van der Waals surface area contributed by atoms with Gasteiger partial charge in [-0.3, -0.25) is 4.90 Å². The second kappa shape index (κ2) is 6.04. The van der Waals surface area contributed by atoms with Gasteiger partial charge in [0.15, 0.2) is 0 Å². The average Bonchev–Trinajstić information content (AvgIpc) is 2.94. The molecule has 3 atom stereocenters. The van der Waals surface area contributed by atoms with Gasteiger partial charge in [0.25, 0.3) is 0 Å². The van der Waals surface area contributed by atoms with E-state index in [1.165, 1.54) is 31.5 Å². The van der Waals surface area contributed by atoms with E-state index in [2.05, 4.69) is 40.5 Å². The Bertz CT molecular complexity index is 395. The predicted molar refractivity (Wildman–Crippen MR) is 77.1 cm³/mol. The van der Waals surface area contributed by atoms with Gasteiger partial charge in [-0.2, -0.15) is 0 Å². The molecule has 104 valence electrons. The second-order valence-corrected chi connectivity index (χ2v) is 5.75. The third-order valence-corrected chi connectivity index (χ3v) is 4.63. The molecule has 19 heavy (non-hydrogen) atoms. The van der Waals surface area contributed by atoms with E-state index in [4.69, 9.17) is 4.74 Å². The van der Waals surface area contributed by atoms with Gasteiger partial charge < -0.3 is 10.1 Å². The van der Waals surface area contributed by atoms with Gasteiger partial charge in [0.2, 0.25) is 0 Å². The summed E-state index contributed by atoms with van der Waals surface area (Å²) in [5.74, 6) is 0.830. The normalized spacial score (nSPS) is 29.1. The van der Waals surface area contributed by atoms with E-state index in [1.54, 1.807) is 0 Å². The van der Waals surface area contributed by atoms with Gasteiger partial charge in [0, 0.05) is 19.7 Å². The third-order valence-electron chi connectivity index (χ3n) is 4.63. The summed E-state index contributed by atoms with van der Waals surface area (Å²) in [5.41, 5.74) is 1.39. The van der Waals surface area contributed by atoms with Crippen molar-refractivity contribution >= 4 is 0 Å². The predicted octanol–water partition coefficient (Wildman–Crippen LogP) is 2.06. The molecule has 2 heterocycles. The van der Waals surface area contributed by atoms with Crippen LogP contribution < -0.4 is 5.32 Å². The smallest absolute Gasteiger partial charge is 0.0659 e. The number of nitrogens with zero attached hydrogens (tertiary/aromatic N) is 1. The molecular weight excluding hydrogens is 236 g/mol. The number of piperidine rings is 1. The van der Waals surface area contributed by atoms with Crippen molar-refractivity contribution in [2.24, 2.45) is 5.92 Å². The van der Waals surface area contributed by atoms with Crippen LogP contribution in [0.15, 0.2) is 30.3 Å². The summed E-state index contributed by atoms with van der Waals surface area (Å²) in [5, 5.41) is 3.56. The molecule has 0 amide bonds. The van der Waals surface area contributed by atoms with Crippen LogP contribution in [0.3, 0.4) is 0 Å². The van der Waals surface area contributed by atoms with Crippen LogP contribution in [0.2, 0.25) is 0 Å². The second-order valence-electron chi connectivity index (χ2n) is 5.75. The number of likely N-dealkylation sites (tertiary alicyclic amines) is 1. The lowest BCUT2D eigenvalue weighted by molar-refractivity contribution is 0.0297. The van der Waals surface area contributed by atoms with Crippen molar-refractivity contribution in [3.63, 3.8) is 0 Å². The van der Waals surface area contributed by atoms with Gasteiger partial charge in [0.05, 0.1) is 12.6 Å². The van der Waals surface area contributed by atoms with E-state index < -0.39 is 0 Å². The van der Waals surface area contributed by atoms with Gasteiger partial charge in [-0.25, -0.2) is 0 Å². The van der Waals surface area contributed by atoms with Crippen LogP contribution in [-0.2, 0) is 4.74 Å². The number of fused-ring (bicyclic) bond motifs is 1. The van der Waals surface area contributed by atoms with Gasteiger partial charge >= 0.3 is 0 Å². The summed E-state index contributed by atoms with van der Waals surface area (Å²) >= 11 is 0. The first-order valence-corrected chi connectivity index (χ1v) is 7.40. The molecule has 0 aromatic heterocycles. The van der Waals surface area contributed by atoms with Crippen molar-refractivity contribution in [3.05, 3.63) is 35.9 Å². The minimum atomic E-state index is 0.402. The van der Waals surface area contributed by atoms with Crippen molar-refractivity contribution in [2.75, 3.05) is 33.4 Å². The Labute approximate surface area is 115 Å². The number of hydrogen-bond acceptors (Lipinski definition) is 3. The highest BCUT2D eigenvalue weighted by Crippen LogP contribution is 2.33. The van der Waals surface area contributed by atoms with Crippen LogP contribution in [0.5, 0.6) is 0 Å². The first-order valence-electron chi connectivity index (χ1n) is 7.40. The summed E-state index contributed by atoms with van der Waals surface area (Å²) in [4.78, 5) is 2.67. The molecule has 3 rings (SSSR count). The molecule has 1 aromatic rings. The SMILES string of the molecule is COCC(c1ccccc1)N1CCCC2CNCC21. The molecule has 2 aliphatic rings. The molecular formula is C16H24N2O. The van der Waals surface area contributed by atoms with Crippen LogP contribution in [0.4, 0.5) is 0 Å². The van der Waals surface area contributed by atoms with Crippen molar-refractivity contribution < 1.29 is 4.74 Å². The van der Waals surface area contributed by atoms with Gasteiger partial charge in [-0.15, -0.1) is 0 Å². The highest BCUT2D eigenvalue weighted by Gasteiger charge is 2.38. The van der Waals surface area contributed by atoms with E-state index in [9.17, 15) is 0 Å². The van der Waals surface area contributed by atoms with Crippen LogP contribution in [0.1, 0.15) is 24.4 Å². The fourth-order valence-electron chi connectivity index (χ4n) is 3.71. The van der Waals surface area contributed by atoms with E-state index in [-0.39, 0.29) is 0 Å². The van der Waals surface area contributed by atoms with Crippen LogP contribution in [0.25, 0.3) is 0 Å². The maximum absolute atomic E-state index is 5.50. The summed E-state index contributed by atoms with van der Waals surface area (Å²) in [6, 6.07) is 11.9. The average molecular weight is 260 g/mol. The molecule has 2 saturated heterocycles. The Morgan fingerprint density at radius 3 is 2.95 bits per heavy atom. The fourth-order valence-corrected chi connectivity index (χ4v) is 3.71. The Morgan fingerprint density at radius 2 is 2.16 bits per heavy atom. The summed E-state index contributed by atoms with van der Waals surface area (Å²) < 4.78 is 5.50. The van der Waals surface area contributed by atoms with Crippen molar-refractivity contribution in [2.45, 2.75) is 24.9 Å². The lowest BCUT2D eigenvalue weighted by Gasteiger charge is -2.42. The molecule has 0 saturated carbocycles. The highest BCUT2D eigenvalue weighted by molar-refractivity contribution is 5.20. The summed E-state index contributed by atoms with van der Waals surface area (Å²) in [6.45, 7) is 4.31. The van der Waals surface area contributed by atoms with Gasteiger partial charge in [-0.05, 0) is 37.4 Å². The first kappa shape index (κ1) is 13.1. The minimum absolute atomic E-state index is 0.402. The molecule has 3 heteroatoms. The highest BCUT2D eigenvalue weighted by atomic mass is 16.5. The molecule has 2 aliphatic heterocycles. The van der Waals surface area contributed by atoms with E-state index in [0.29, 0.717) is 12.1 Å². The van der Waals surface area contributed by atoms with Crippen molar-refractivity contribution in [1.29, 1.82) is 0 Å². The van der Waals surface area contributed by atoms with Gasteiger partial charge in [0.1, 0.15) is 0 Å². The van der Waals surface area contributed by atoms with Crippen LogP contribution >= 0.6 is 0 Å². The van der Waals surface area contributed by atoms with Crippen LogP contribution in [0, 0.1) is 5.92 Å². The zero-order valence-electron chi connectivity index (χ0n) is 11.7. The van der Waals surface area contributed by atoms with Crippen LogP contribution in [-0.4, -0.2) is 44.3 Å². The molecule has 0 aliphatic carbocycles. The van der Waals surface area contributed by atoms with E-state index in [1.807, 2.05) is 7.11 Å². The lowest BCUT2D eigenvalue weighted by Crippen LogP contribution is -2.48. The molecule has 0 bridgehead atoms. The molecule has 1 N–H and O–H groups in total. The third kappa shape index (κ3) is 2.69. The first-order chi connectivity index (χ1) is 9.40. The maximum Gasteiger partial charge on any atom is 0.0659 e. The van der Waals surface area contributed by atoms with Crippen molar-refractivity contribution in [1.82, 2.24) is 10.2 Å². The lowest BCUT2D eigenvalue weighted by atomic mass is 9.89. The Balaban J connectivity index is 1.83. The zero-order valence-corrected chi connectivity index (χ0v) is 11.7. The molecule has 0 radical (unpaired) electrons.